The molecule has 0 fully saturated rings. The van der Waals surface area contributed by atoms with E-state index < -0.39 is 0 Å². The van der Waals surface area contributed by atoms with E-state index in [1.165, 1.54) is 5.57 Å². The van der Waals surface area contributed by atoms with Crippen LogP contribution in [0.15, 0.2) is 11.6 Å². The molecule has 0 atom stereocenters. The third kappa shape index (κ3) is 5.70. The van der Waals surface area contributed by atoms with Crippen LogP contribution in [0.1, 0.15) is 20.3 Å². The van der Waals surface area contributed by atoms with Gasteiger partial charge in [-0.05, 0) is 20.3 Å². The van der Waals surface area contributed by atoms with Crippen molar-refractivity contribution in [1.29, 1.82) is 0 Å². The maximum Gasteiger partial charge on any atom is 0.0836 e. The highest BCUT2D eigenvalue weighted by molar-refractivity contribution is 4.93. The first-order valence-electron chi connectivity index (χ1n) is 2.36. The summed E-state index contributed by atoms with van der Waals surface area (Å²) < 4.78 is 0. The monoisotopic (exact) mass is 99.1 g/mol. The van der Waals surface area contributed by atoms with Crippen LogP contribution in [0.4, 0.5) is 0 Å². The molecule has 0 aliphatic heterocycles. The average Bonchev–Trinajstić information content (AvgIpc) is 1.61. The highest BCUT2D eigenvalue weighted by Crippen LogP contribution is 1.92. The lowest BCUT2D eigenvalue weighted by atomic mass is 10.3. The molecule has 0 amide bonds. The number of aliphatic hydroxyl groups excluding tert-OH is 1. The summed E-state index contributed by atoms with van der Waals surface area (Å²) in [5.74, 6) is 0. The summed E-state index contributed by atoms with van der Waals surface area (Å²) in [6, 6.07) is 0. The zero-order valence-electron chi connectivity index (χ0n) is 4.81. The number of allylic oxidation sites excluding steroid dienone is 1. The van der Waals surface area contributed by atoms with E-state index in [4.69, 9.17) is 5.11 Å². The van der Waals surface area contributed by atoms with Gasteiger partial charge in [0.2, 0.25) is 0 Å². The molecule has 7 heavy (non-hydrogen) atoms. The van der Waals surface area contributed by atoms with Crippen LogP contribution in [-0.4, -0.2) is 5.11 Å². The van der Waals surface area contributed by atoms with Crippen LogP contribution in [0.25, 0.3) is 0 Å². The molecule has 0 aromatic carbocycles. The summed E-state index contributed by atoms with van der Waals surface area (Å²) >= 11 is 0. The molecule has 41 valence electrons. The molecule has 0 aliphatic rings. The molecule has 0 saturated carbocycles. The smallest absolute Gasteiger partial charge is 0.0836 e. The summed E-state index contributed by atoms with van der Waals surface area (Å²) in [6.07, 6.45) is 2.63. The minimum Gasteiger partial charge on any atom is -0.390 e. The summed E-state index contributed by atoms with van der Waals surface area (Å²) in [5, 5.41) is 8.15. The Balaban J connectivity index is 3.08. The maximum atomic E-state index is 8.15. The molecule has 0 aliphatic carbocycles. The number of rotatable bonds is 2. The molecule has 0 heterocycles. The predicted molar refractivity (Wildman–Crippen MR) is 30.3 cm³/mol. The summed E-state index contributed by atoms with van der Waals surface area (Å²) in [4.78, 5) is 0. The number of hydrogen-bond donors (Lipinski definition) is 1. The zero-order valence-corrected chi connectivity index (χ0v) is 4.81. The van der Waals surface area contributed by atoms with Gasteiger partial charge in [-0.15, -0.1) is 0 Å². The Labute approximate surface area is 44.7 Å². The van der Waals surface area contributed by atoms with Crippen molar-refractivity contribution in [3.05, 3.63) is 18.3 Å². The molecule has 1 radical (unpaired) electrons. The van der Waals surface area contributed by atoms with Crippen LogP contribution in [0.2, 0.25) is 0 Å². The Morgan fingerprint density at radius 3 is 2.29 bits per heavy atom. The first-order chi connectivity index (χ1) is 3.27. The van der Waals surface area contributed by atoms with Crippen LogP contribution in [0.3, 0.4) is 0 Å². The van der Waals surface area contributed by atoms with E-state index in [1.807, 2.05) is 19.9 Å². The number of hydrogen-bond acceptors (Lipinski definition) is 1. The Bertz CT molecular complexity index is 60.6. The molecule has 1 nitrogen and oxygen atoms in total. The van der Waals surface area contributed by atoms with Gasteiger partial charge < -0.3 is 5.11 Å². The van der Waals surface area contributed by atoms with Crippen molar-refractivity contribution < 1.29 is 5.11 Å². The lowest BCUT2D eigenvalue weighted by Crippen LogP contribution is -1.68. The first kappa shape index (κ1) is 6.70. The van der Waals surface area contributed by atoms with Gasteiger partial charge in [0.15, 0.2) is 0 Å². The third-order valence-electron chi connectivity index (χ3n) is 0.632. The van der Waals surface area contributed by atoms with Crippen LogP contribution in [0, 0.1) is 6.61 Å². The third-order valence-corrected chi connectivity index (χ3v) is 0.632. The summed E-state index contributed by atoms with van der Waals surface area (Å²) in [6.45, 7) is 5.15. The Hall–Kier alpha value is -0.300. The van der Waals surface area contributed by atoms with Gasteiger partial charge in [-0.3, -0.25) is 0 Å². The zero-order chi connectivity index (χ0) is 5.70. The lowest BCUT2D eigenvalue weighted by Gasteiger charge is -1.84. The van der Waals surface area contributed by atoms with E-state index in [0.29, 0.717) is 6.42 Å². The molecule has 1 heteroatoms. The molecular weight excluding hydrogens is 88.1 g/mol. The van der Waals surface area contributed by atoms with Crippen molar-refractivity contribution in [1.82, 2.24) is 0 Å². The summed E-state index contributed by atoms with van der Waals surface area (Å²) in [7, 11) is 0. The molecule has 1 N–H and O–H groups in total. The van der Waals surface area contributed by atoms with Gasteiger partial charge in [-0.2, -0.15) is 0 Å². The van der Waals surface area contributed by atoms with Crippen molar-refractivity contribution in [3.63, 3.8) is 0 Å². The fourth-order valence-corrected chi connectivity index (χ4v) is 0.288. The average molecular weight is 99.2 g/mol. The minimum atomic E-state index is 0.669. The first-order valence-corrected chi connectivity index (χ1v) is 2.36. The molecule has 0 saturated heterocycles. The highest BCUT2D eigenvalue weighted by atomic mass is 16.2. The Kier molecular flexibility index (Phi) is 3.71. The summed E-state index contributed by atoms with van der Waals surface area (Å²) in [5.41, 5.74) is 1.24. The molecular formula is C6H11O. The van der Waals surface area contributed by atoms with E-state index >= 15 is 0 Å². The van der Waals surface area contributed by atoms with Gasteiger partial charge in [-0.1, -0.05) is 11.6 Å². The minimum absolute atomic E-state index is 0.669. The second-order valence-electron chi connectivity index (χ2n) is 1.70. The Morgan fingerprint density at radius 1 is 1.57 bits per heavy atom. The number of aliphatic hydroxyl groups is 1. The van der Waals surface area contributed by atoms with Gasteiger partial charge in [-0.25, -0.2) is 0 Å². The SMILES string of the molecule is CC(C)=CC[CH]O. The second-order valence-corrected chi connectivity index (χ2v) is 1.70. The van der Waals surface area contributed by atoms with Gasteiger partial charge in [0.1, 0.15) is 0 Å². The van der Waals surface area contributed by atoms with Gasteiger partial charge in [0.25, 0.3) is 0 Å². The standard InChI is InChI=1S/C6H11O/c1-6(2)4-3-5-7/h4-5,7H,3H2,1-2H3. The molecule has 0 aromatic heterocycles. The van der Waals surface area contributed by atoms with Gasteiger partial charge >= 0.3 is 0 Å². The topological polar surface area (TPSA) is 20.2 Å². The van der Waals surface area contributed by atoms with Crippen LogP contribution in [0.5, 0.6) is 0 Å². The van der Waals surface area contributed by atoms with E-state index in [9.17, 15) is 0 Å². The van der Waals surface area contributed by atoms with Crippen LogP contribution >= 0.6 is 0 Å². The Morgan fingerprint density at radius 2 is 2.14 bits per heavy atom. The molecule has 0 bridgehead atoms. The van der Waals surface area contributed by atoms with E-state index in [2.05, 4.69) is 0 Å². The molecule has 0 spiro atoms. The van der Waals surface area contributed by atoms with E-state index in [0.717, 1.165) is 6.61 Å². The predicted octanol–water partition coefficient (Wildman–Crippen LogP) is 1.88. The fraction of sp³-hybridized carbons (Fsp3) is 0.500. The van der Waals surface area contributed by atoms with Crippen molar-refractivity contribution in [3.8, 4) is 0 Å². The van der Waals surface area contributed by atoms with Crippen molar-refractivity contribution in [2.24, 2.45) is 0 Å². The fourth-order valence-electron chi connectivity index (χ4n) is 0.288. The highest BCUT2D eigenvalue weighted by Gasteiger charge is 1.74. The maximum absolute atomic E-state index is 8.15. The van der Waals surface area contributed by atoms with Crippen LogP contribution < -0.4 is 0 Å². The van der Waals surface area contributed by atoms with Crippen LogP contribution in [-0.2, 0) is 0 Å². The normalized spacial score (nSPS) is 8.43. The molecule has 0 rings (SSSR count). The van der Waals surface area contributed by atoms with Gasteiger partial charge in [0, 0.05) is 0 Å². The largest absolute Gasteiger partial charge is 0.390 e. The lowest BCUT2D eigenvalue weighted by molar-refractivity contribution is 0.388. The van der Waals surface area contributed by atoms with Crippen molar-refractivity contribution in [2.45, 2.75) is 20.3 Å². The molecule has 0 aromatic rings. The van der Waals surface area contributed by atoms with Crippen molar-refractivity contribution in [2.75, 3.05) is 0 Å². The van der Waals surface area contributed by atoms with Crippen molar-refractivity contribution >= 4 is 0 Å². The van der Waals surface area contributed by atoms with Gasteiger partial charge in [0.05, 0.1) is 6.61 Å². The van der Waals surface area contributed by atoms with E-state index in [-0.39, 0.29) is 0 Å². The second kappa shape index (κ2) is 3.88. The van der Waals surface area contributed by atoms with E-state index in [1.54, 1.807) is 0 Å². The quantitative estimate of drug-likeness (QED) is 0.524. The molecule has 0 unspecified atom stereocenters.